The average molecular weight is 200 g/mol. The van der Waals surface area contributed by atoms with Gasteiger partial charge in [0.1, 0.15) is 0 Å². The van der Waals surface area contributed by atoms with E-state index in [1.54, 1.807) is 7.05 Å². The minimum absolute atomic E-state index is 0.0420. The molecular weight excluding hydrogens is 180 g/mol. The van der Waals surface area contributed by atoms with Crippen LogP contribution in [0.25, 0.3) is 0 Å². The molecule has 82 valence electrons. The third kappa shape index (κ3) is 2.69. The molecule has 1 atom stereocenters. The van der Waals surface area contributed by atoms with Crippen LogP contribution in [0.4, 0.5) is 0 Å². The number of aliphatic hydroxyl groups excluding tert-OH is 1. The number of hydrogen-bond acceptors (Lipinski definition) is 3. The molecule has 0 bridgehead atoms. The van der Waals surface area contributed by atoms with Gasteiger partial charge in [0.05, 0.1) is 6.04 Å². The van der Waals surface area contributed by atoms with Gasteiger partial charge in [-0.3, -0.25) is 9.69 Å². The normalized spacial score (nSPS) is 21.9. The summed E-state index contributed by atoms with van der Waals surface area (Å²) in [5.41, 5.74) is 0. The van der Waals surface area contributed by atoms with Crippen LogP contribution in [-0.4, -0.2) is 48.7 Å². The minimum Gasteiger partial charge on any atom is -0.396 e. The predicted molar refractivity (Wildman–Crippen MR) is 54.9 cm³/mol. The first kappa shape index (κ1) is 11.5. The van der Waals surface area contributed by atoms with Crippen LogP contribution < -0.4 is 5.32 Å². The van der Waals surface area contributed by atoms with E-state index in [1.807, 2.05) is 6.92 Å². The topological polar surface area (TPSA) is 52.6 Å². The molecule has 1 heterocycles. The predicted octanol–water partition coefficient (Wildman–Crippen LogP) is -0.175. The van der Waals surface area contributed by atoms with E-state index >= 15 is 0 Å². The molecule has 1 fully saturated rings. The highest BCUT2D eigenvalue weighted by Gasteiger charge is 2.25. The van der Waals surface area contributed by atoms with Crippen molar-refractivity contribution in [3.8, 4) is 0 Å². The number of rotatable bonds is 3. The van der Waals surface area contributed by atoms with E-state index < -0.39 is 0 Å². The smallest absolute Gasteiger partial charge is 0.236 e. The molecule has 1 saturated heterocycles. The molecule has 1 aliphatic rings. The lowest BCUT2D eigenvalue weighted by Crippen LogP contribution is -2.47. The molecule has 2 N–H and O–H groups in total. The Labute approximate surface area is 85.3 Å². The van der Waals surface area contributed by atoms with E-state index in [-0.39, 0.29) is 18.6 Å². The van der Waals surface area contributed by atoms with Crippen molar-refractivity contribution < 1.29 is 9.90 Å². The number of nitrogens with zero attached hydrogens (tertiary/aromatic N) is 1. The van der Waals surface area contributed by atoms with Gasteiger partial charge in [-0.2, -0.15) is 0 Å². The summed E-state index contributed by atoms with van der Waals surface area (Å²) in [6.45, 7) is 4.04. The Morgan fingerprint density at radius 3 is 2.57 bits per heavy atom. The molecule has 1 unspecified atom stereocenters. The zero-order valence-electron chi connectivity index (χ0n) is 8.99. The summed E-state index contributed by atoms with van der Waals surface area (Å²) in [5, 5.41) is 11.6. The molecule has 4 heteroatoms. The fourth-order valence-corrected chi connectivity index (χ4v) is 1.90. The molecule has 0 radical (unpaired) electrons. The van der Waals surface area contributed by atoms with Crippen LogP contribution in [-0.2, 0) is 4.79 Å². The van der Waals surface area contributed by atoms with Crippen molar-refractivity contribution in [2.75, 3.05) is 26.7 Å². The summed E-state index contributed by atoms with van der Waals surface area (Å²) in [6, 6.07) is -0.0420. The first-order chi connectivity index (χ1) is 6.69. The maximum Gasteiger partial charge on any atom is 0.236 e. The molecule has 0 aromatic rings. The van der Waals surface area contributed by atoms with Crippen molar-refractivity contribution in [1.82, 2.24) is 10.2 Å². The summed E-state index contributed by atoms with van der Waals surface area (Å²) < 4.78 is 0. The van der Waals surface area contributed by atoms with E-state index in [9.17, 15) is 4.79 Å². The number of carbonyl (C=O) groups excluding carboxylic acids is 1. The lowest BCUT2D eigenvalue weighted by Gasteiger charge is -2.34. The first-order valence-electron chi connectivity index (χ1n) is 5.25. The number of aliphatic hydroxyl groups is 1. The third-order valence-electron chi connectivity index (χ3n) is 3.08. The lowest BCUT2D eigenvalue weighted by atomic mass is 9.97. The Kier molecular flexibility index (Phi) is 4.35. The standard InChI is InChI=1S/C10H20N2O2/c1-8(10(14)11-2)12-5-3-9(7-13)4-6-12/h8-9,13H,3-7H2,1-2H3,(H,11,14). The fraction of sp³-hybridized carbons (Fsp3) is 0.900. The van der Waals surface area contributed by atoms with Gasteiger partial charge in [0.15, 0.2) is 0 Å². The van der Waals surface area contributed by atoms with Crippen LogP contribution in [0, 0.1) is 5.92 Å². The zero-order valence-corrected chi connectivity index (χ0v) is 8.99. The SMILES string of the molecule is CNC(=O)C(C)N1CCC(CO)CC1. The van der Waals surface area contributed by atoms with E-state index in [1.165, 1.54) is 0 Å². The number of hydrogen-bond donors (Lipinski definition) is 2. The molecule has 1 rings (SSSR count). The third-order valence-corrected chi connectivity index (χ3v) is 3.08. The van der Waals surface area contributed by atoms with Crippen LogP contribution in [0.1, 0.15) is 19.8 Å². The fourth-order valence-electron chi connectivity index (χ4n) is 1.90. The highest BCUT2D eigenvalue weighted by Crippen LogP contribution is 2.18. The quantitative estimate of drug-likeness (QED) is 0.665. The number of piperidine rings is 1. The molecule has 4 nitrogen and oxygen atoms in total. The second-order valence-corrected chi connectivity index (χ2v) is 3.95. The van der Waals surface area contributed by atoms with Crippen molar-refractivity contribution in [2.24, 2.45) is 5.92 Å². The van der Waals surface area contributed by atoms with E-state index in [4.69, 9.17) is 5.11 Å². The molecule has 14 heavy (non-hydrogen) atoms. The van der Waals surface area contributed by atoms with Crippen LogP contribution in [0.15, 0.2) is 0 Å². The Morgan fingerprint density at radius 2 is 2.14 bits per heavy atom. The van der Waals surface area contributed by atoms with Crippen LogP contribution in [0.5, 0.6) is 0 Å². The summed E-state index contributed by atoms with van der Waals surface area (Å²) in [6.07, 6.45) is 2.00. The van der Waals surface area contributed by atoms with Crippen LogP contribution in [0.3, 0.4) is 0 Å². The number of nitrogens with one attached hydrogen (secondary N) is 1. The van der Waals surface area contributed by atoms with Crippen molar-refractivity contribution in [3.05, 3.63) is 0 Å². The van der Waals surface area contributed by atoms with Gasteiger partial charge in [-0.1, -0.05) is 0 Å². The number of likely N-dealkylation sites (N-methyl/N-ethyl adjacent to an activating group) is 1. The maximum atomic E-state index is 11.4. The summed E-state index contributed by atoms with van der Waals surface area (Å²) in [4.78, 5) is 13.5. The van der Waals surface area contributed by atoms with Gasteiger partial charge >= 0.3 is 0 Å². The van der Waals surface area contributed by atoms with Gasteiger partial charge in [-0.05, 0) is 38.8 Å². The highest BCUT2D eigenvalue weighted by molar-refractivity contribution is 5.80. The molecule has 0 saturated carbocycles. The summed E-state index contributed by atoms with van der Waals surface area (Å²) in [7, 11) is 1.67. The zero-order chi connectivity index (χ0) is 10.6. The van der Waals surface area contributed by atoms with Gasteiger partial charge in [0.2, 0.25) is 5.91 Å². The summed E-state index contributed by atoms with van der Waals surface area (Å²) in [5.74, 6) is 0.510. The second kappa shape index (κ2) is 5.32. The Morgan fingerprint density at radius 1 is 1.57 bits per heavy atom. The minimum atomic E-state index is -0.0420. The maximum absolute atomic E-state index is 11.4. The Balaban J connectivity index is 2.37. The van der Waals surface area contributed by atoms with Crippen LogP contribution >= 0.6 is 0 Å². The number of carbonyl (C=O) groups is 1. The van der Waals surface area contributed by atoms with Crippen LogP contribution in [0.2, 0.25) is 0 Å². The Hall–Kier alpha value is -0.610. The van der Waals surface area contributed by atoms with E-state index in [0.29, 0.717) is 5.92 Å². The van der Waals surface area contributed by atoms with E-state index in [2.05, 4.69) is 10.2 Å². The largest absolute Gasteiger partial charge is 0.396 e. The second-order valence-electron chi connectivity index (χ2n) is 3.95. The van der Waals surface area contributed by atoms with Crippen molar-refractivity contribution in [1.29, 1.82) is 0 Å². The first-order valence-corrected chi connectivity index (χ1v) is 5.25. The van der Waals surface area contributed by atoms with Crippen molar-refractivity contribution >= 4 is 5.91 Å². The molecule has 0 aliphatic carbocycles. The van der Waals surface area contributed by atoms with Gasteiger partial charge in [-0.25, -0.2) is 0 Å². The number of amides is 1. The van der Waals surface area contributed by atoms with Gasteiger partial charge in [-0.15, -0.1) is 0 Å². The molecule has 1 aliphatic heterocycles. The van der Waals surface area contributed by atoms with Crippen molar-refractivity contribution in [3.63, 3.8) is 0 Å². The summed E-state index contributed by atoms with van der Waals surface area (Å²) >= 11 is 0. The monoisotopic (exact) mass is 200 g/mol. The van der Waals surface area contributed by atoms with Gasteiger partial charge < -0.3 is 10.4 Å². The van der Waals surface area contributed by atoms with Gasteiger partial charge in [0, 0.05) is 13.7 Å². The van der Waals surface area contributed by atoms with E-state index in [0.717, 1.165) is 25.9 Å². The lowest BCUT2D eigenvalue weighted by molar-refractivity contribution is -0.126. The van der Waals surface area contributed by atoms with Crippen molar-refractivity contribution in [2.45, 2.75) is 25.8 Å². The Bertz CT molecular complexity index is 189. The molecule has 1 amide bonds. The molecular formula is C10H20N2O2. The molecule has 0 spiro atoms. The molecule has 0 aromatic heterocycles. The average Bonchev–Trinajstić information content (AvgIpc) is 2.27. The van der Waals surface area contributed by atoms with Gasteiger partial charge in [0.25, 0.3) is 0 Å². The number of likely N-dealkylation sites (tertiary alicyclic amines) is 1. The highest BCUT2D eigenvalue weighted by atomic mass is 16.3. The molecule has 0 aromatic carbocycles.